The number of rotatable bonds is 3. The minimum absolute atomic E-state index is 0.212. The molecule has 0 saturated heterocycles. The number of carbonyl (C=O) groups excluding carboxylic acids is 1. The average molecular weight is 338 g/mol. The Bertz CT molecular complexity index is 929. The maximum atomic E-state index is 12.1. The van der Waals surface area contributed by atoms with Crippen LogP contribution in [0.25, 0.3) is 11.4 Å². The van der Waals surface area contributed by atoms with Crippen molar-refractivity contribution in [3.8, 4) is 11.4 Å². The number of aromatic nitrogens is 3. The Kier molecular flexibility index (Phi) is 4.22. The van der Waals surface area contributed by atoms with Crippen molar-refractivity contribution >= 4 is 11.6 Å². The molecule has 0 aliphatic carbocycles. The number of hydrogen-bond acceptors (Lipinski definition) is 5. The van der Waals surface area contributed by atoms with E-state index in [-0.39, 0.29) is 16.9 Å². The maximum absolute atomic E-state index is 12.1. The average Bonchev–Trinajstić information content (AvgIpc) is 3.06. The summed E-state index contributed by atoms with van der Waals surface area (Å²) in [5.74, 6) is 0.764. The van der Waals surface area contributed by atoms with Crippen LogP contribution >= 0.6 is 0 Å². The number of aromatic amines is 1. The van der Waals surface area contributed by atoms with Gasteiger partial charge in [0.25, 0.3) is 5.91 Å². The fourth-order valence-corrected chi connectivity index (χ4v) is 2.10. The normalized spacial score (nSPS) is 11.3. The van der Waals surface area contributed by atoms with E-state index in [4.69, 9.17) is 4.52 Å². The molecule has 0 spiro atoms. The highest BCUT2D eigenvalue weighted by Gasteiger charge is 2.22. The van der Waals surface area contributed by atoms with Crippen molar-refractivity contribution in [3.63, 3.8) is 0 Å². The van der Waals surface area contributed by atoms with Crippen molar-refractivity contribution in [1.29, 1.82) is 0 Å². The lowest BCUT2D eigenvalue weighted by atomic mass is 9.97. The second-order valence-corrected chi connectivity index (χ2v) is 6.65. The van der Waals surface area contributed by atoms with E-state index in [0.29, 0.717) is 23.0 Å². The number of benzene rings is 1. The van der Waals surface area contributed by atoms with E-state index in [1.807, 2.05) is 20.8 Å². The fourth-order valence-electron chi connectivity index (χ4n) is 2.10. The Morgan fingerprint density at radius 1 is 1.12 bits per heavy atom. The molecular weight excluding hydrogens is 320 g/mol. The van der Waals surface area contributed by atoms with Crippen LogP contribution in [0.3, 0.4) is 0 Å². The van der Waals surface area contributed by atoms with Gasteiger partial charge in [0.15, 0.2) is 0 Å². The number of nitrogens with zero attached hydrogens (tertiary/aromatic N) is 2. The molecule has 2 heterocycles. The van der Waals surface area contributed by atoms with Gasteiger partial charge in [-0.3, -0.25) is 9.59 Å². The predicted molar refractivity (Wildman–Crippen MR) is 93.4 cm³/mol. The second kappa shape index (κ2) is 6.35. The van der Waals surface area contributed by atoms with Crippen LogP contribution in [-0.4, -0.2) is 21.0 Å². The molecule has 2 N–H and O–H groups in total. The summed E-state index contributed by atoms with van der Waals surface area (Å²) < 4.78 is 5.29. The van der Waals surface area contributed by atoms with Gasteiger partial charge in [0, 0.05) is 28.9 Å². The van der Waals surface area contributed by atoms with E-state index in [9.17, 15) is 9.59 Å². The topological polar surface area (TPSA) is 101 Å². The zero-order valence-electron chi connectivity index (χ0n) is 14.2. The van der Waals surface area contributed by atoms with E-state index in [0.717, 1.165) is 5.56 Å². The zero-order chi connectivity index (χ0) is 18.0. The Balaban J connectivity index is 1.74. The summed E-state index contributed by atoms with van der Waals surface area (Å²) >= 11 is 0. The number of H-pyrrole nitrogens is 1. The summed E-state index contributed by atoms with van der Waals surface area (Å²) in [6, 6.07) is 9.90. The van der Waals surface area contributed by atoms with Crippen molar-refractivity contribution in [2.45, 2.75) is 26.2 Å². The first-order valence-corrected chi connectivity index (χ1v) is 7.78. The van der Waals surface area contributed by atoms with Gasteiger partial charge in [0.2, 0.25) is 17.3 Å². The van der Waals surface area contributed by atoms with Gasteiger partial charge < -0.3 is 14.8 Å². The quantitative estimate of drug-likeness (QED) is 0.764. The Morgan fingerprint density at radius 2 is 1.84 bits per heavy atom. The van der Waals surface area contributed by atoms with Gasteiger partial charge in [0.05, 0.1) is 5.56 Å². The van der Waals surface area contributed by atoms with E-state index in [1.54, 1.807) is 24.3 Å². The van der Waals surface area contributed by atoms with Gasteiger partial charge in [-0.1, -0.05) is 25.9 Å². The lowest BCUT2D eigenvalue weighted by Crippen LogP contribution is -2.14. The summed E-state index contributed by atoms with van der Waals surface area (Å²) in [6.07, 6.45) is 1.37. The van der Waals surface area contributed by atoms with E-state index in [2.05, 4.69) is 20.4 Å². The maximum Gasteiger partial charge on any atom is 0.257 e. The molecule has 1 aromatic carbocycles. The van der Waals surface area contributed by atoms with Gasteiger partial charge >= 0.3 is 0 Å². The molecule has 1 amide bonds. The summed E-state index contributed by atoms with van der Waals surface area (Å²) in [6.45, 7) is 6.00. The third kappa shape index (κ3) is 3.82. The summed E-state index contributed by atoms with van der Waals surface area (Å²) in [7, 11) is 0. The van der Waals surface area contributed by atoms with Gasteiger partial charge in [0.1, 0.15) is 0 Å². The molecule has 0 fully saturated rings. The highest BCUT2D eigenvalue weighted by atomic mass is 16.5. The number of pyridine rings is 1. The molecule has 0 saturated carbocycles. The molecule has 0 bridgehead atoms. The number of nitrogens with one attached hydrogen (secondary N) is 2. The minimum Gasteiger partial charge on any atom is -0.338 e. The summed E-state index contributed by atoms with van der Waals surface area (Å²) in [4.78, 5) is 30.0. The number of anilines is 1. The molecule has 0 aliphatic heterocycles. The molecule has 0 atom stereocenters. The largest absolute Gasteiger partial charge is 0.338 e. The second-order valence-electron chi connectivity index (χ2n) is 6.65. The van der Waals surface area contributed by atoms with E-state index in [1.165, 1.54) is 18.3 Å². The Morgan fingerprint density at radius 3 is 2.40 bits per heavy atom. The minimum atomic E-state index is -0.307. The van der Waals surface area contributed by atoms with Gasteiger partial charge in [-0.25, -0.2) is 0 Å². The third-order valence-electron chi connectivity index (χ3n) is 3.51. The van der Waals surface area contributed by atoms with Crippen LogP contribution in [-0.2, 0) is 5.41 Å². The van der Waals surface area contributed by atoms with Crippen LogP contribution in [0.1, 0.15) is 37.0 Å². The van der Waals surface area contributed by atoms with Crippen LogP contribution in [0.2, 0.25) is 0 Å². The monoisotopic (exact) mass is 338 g/mol. The van der Waals surface area contributed by atoms with Gasteiger partial charge in [-0.05, 0) is 30.3 Å². The molecule has 0 aliphatic rings. The Hall–Kier alpha value is -3.22. The molecule has 0 radical (unpaired) electrons. The van der Waals surface area contributed by atoms with Gasteiger partial charge in [-0.15, -0.1) is 0 Å². The molecule has 128 valence electrons. The van der Waals surface area contributed by atoms with Gasteiger partial charge in [-0.2, -0.15) is 4.98 Å². The number of amides is 1. The van der Waals surface area contributed by atoms with Crippen LogP contribution in [0.15, 0.2) is 51.9 Å². The van der Waals surface area contributed by atoms with E-state index >= 15 is 0 Å². The molecule has 25 heavy (non-hydrogen) atoms. The first-order valence-electron chi connectivity index (χ1n) is 7.78. The smallest absolute Gasteiger partial charge is 0.257 e. The SMILES string of the molecule is CC(C)(C)c1nc(-c2ccc(NC(=O)c3ccc(=O)[nH]c3)cc2)no1. The molecule has 7 nitrogen and oxygen atoms in total. The lowest BCUT2D eigenvalue weighted by Gasteiger charge is -2.10. The molecule has 0 unspecified atom stereocenters. The van der Waals surface area contributed by atoms with Crippen LogP contribution in [0.4, 0.5) is 5.69 Å². The fraction of sp³-hybridized carbons (Fsp3) is 0.222. The van der Waals surface area contributed by atoms with Crippen molar-refractivity contribution < 1.29 is 9.32 Å². The number of carbonyl (C=O) groups is 1. The van der Waals surface area contributed by atoms with Crippen LogP contribution in [0, 0.1) is 0 Å². The highest BCUT2D eigenvalue weighted by molar-refractivity contribution is 6.04. The highest BCUT2D eigenvalue weighted by Crippen LogP contribution is 2.24. The standard InChI is InChI=1S/C18H18N4O3/c1-18(2,3)17-21-15(22-25-17)11-4-7-13(8-5-11)20-16(24)12-6-9-14(23)19-10-12/h4-10H,1-3H3,(H,19,23)(H,20,24). The molecular formula is C18H18N4O3. The van der Waals surface area contributed by atoms with Crippen molar-refractivity contribution in [2.75, 3.05) is 5.32 Å². The molecule has 7 heteroatoms. The van der Waals surface area contributed by atoms with Crippen LogP contribution < -0.4 is 10.9 Å². The molecule has 3 rings (SSSR count). The predicted octanol–water partition coefficient (Wildman–Crippen LogP) is 2.97. The lowest BCUT2D eigenvalue weighted by molar-refractivity contribution is 0.102. The van der Waals surface area contributed by atoms with Crippen molar-refractivity contribution in [3.05, 3.63) is 64.4 Å². The molecule has 3 aromatic rings. The first-order chi connectivity index (χ1) is 11.8. The summed E-state index contributed by atoms with van der Waals surface area (Å²) in [5, 5.41) is 6.75. The summed E-state index contributed by atoms with van der Waals surface area (Å²) in [5.41, 5.74) is 1.32. The number of hydrogen-bond donors (Lipinski definition) is 2. The van der Waals surface area contributed by atoms with Crippen molar-refractivity contribution in [2.24, 2.45) is 0 Å². The molecule has 2 aromatic heterocycles. The van der Waals surface area contributed by atoms with Crippen LogP contribution in [0.5, 0.6) is 0 Å². The zero-order valence-corrected chi connectivity index (χ0v) is 14.2. The van der Waals surface area contributed by atoms with E-state index < -0.39 is 0 Å². The van der Waals surface area contributed by atoms with Crippen molar-refractivity contribution in [1.82, 2.24) is 15.1 Å². The third-order valence-corrected chi connectivity index (χ3v) is 3.51. The first kappa shape index (κ1) is 16.6. The Labute approximate surface area is 144 Å².